The lowest BCUT2D eigenvalue weighted by molar-refractivity contribution is -0.127. The Labute approximate surface area is 171 Å². The second-order valence-electron chi connectivity index (χ2n) is 6.89. The molecule has 0 spiro atoms. The van der Waals surface area contributed by atoms with Gasteiger partial charge in [0.15, 0.2) is 5.96 Å². The van der Waals surface area contributed by atoms with Gasteiger partial charge in [0.1, 0.15) is 11.6 Å². The summed E-state index contributed by atoms with van der Waals surface area (Å²) in [6.07, 6.45) is 7.20. The van der Waals surface area contributed by atoms with Gasteiger partial charge in [-0.15, -0.1) is 35.3 Å². The average molecular weight is 477 g/mol. The van der Waals surface area contributed by atoms with E-state index in [0.29, 0.717) is 6.04 Å². The van der Waals surface area contributed by atoms with Crippen molar-refractivity contribution in [1.29, 1.82) is 0 Å². The fraction of sp³-hybridized carbons (Fsp3) is 0.706. The molecule has 3 rings (SSSR count). The van der Waals surface area contributed by atoms with Crippen LogP contribution in [0.4, 0.5) is 0 Å². The minimum Gasteiger partial charge on any atom is -0.353 e. The molecule has 1 aromatic rings. The number of halogens is 1. The highest BCUT2D eigenvalue weighted by Crippen LogP contribution is 2.27. The van der Waals surface area contributed by atoms with Crippen molar-refractivity contribution in [3.8, 4) is 0 Å². The molecule has 6 nitrogen and oxygen atoms in total. The van der Waals surface area contributed by atoms with Crippen LogP contribution in [0.15, 0.2) is 4.99 Å². The maximum atomic E-state index is 11.8. The van der Waals surface area contributed by atoms with Gasteiger partial charge in [-0.1, -0.05) is 0 Å². The minimum atomic E-state index is 0. The van der Waals surface area contributed by atoms with Crippen LogP contribution in [0.5, 0.6) is 0 Å². The van der Waals surface area contributed by atoms with Gasteiger partial charge in [-0.25, -0.2) is 9.98 Å². The average Bonchev–Trinajstić information content (AvgIpc) is 3.28. The van der Waals surface area contributed by atoms with Crippen LogP contribution in [0.2, 0.25) is 0 Å². The summed E-state index contributed by atoms with van der Waals surface area (Å²) in [6, 6.07) is 0.505. The van der Waals surface area contributed by atoms with Gasteiger partial charge in [0.05, 0.1) is 12.2 Å². The van der Waals surface area contributed by atoms with E-state index in [0.717, 1.165) is 23.9 Å². The van der Waals surface area contributed by atoms with Gasteiger partial charge >= 0.3 is 0 Å². The highest BCUT2D eigenvalue weighted by Gasteiger charge is 2.24. The van der Waals surface area contributed by atoms with Crippen LogP contribution < -0.4 is 5.32 Å². The van der Waals surface area contributed by atoms with Gasteiger partial charge in [0, 0.05) is 32.1 Å². The second-order valence-corrected chi connectivity index (χ2v) is 8.06. The van der Waals surface area contributed by atoms with E-state index in [2.05, 4.69) is 15.2 Å². The third-order valence-electron chi connectivity index (χ3n) is 4.40. The number of carbonyl (C=O) groups excluding carboxylic acids is 1. The quantitative estimate of drug-likeness (QED) is 0.402. The van der Waals surface area contributed by atoms with Crippen LogP contribution in [0, 0.1) is 0 Å². The van der Waals surface area contributed by atoms with Crippen LogP contribution in [-0.2, 0) is 24.2 Å². The van der Waals surface area contributed by atoms with Crippen molar-refractivity contribution >= 4 is 47.2 Å². The summed E-state index contributed by atoms with van der Waals surface area (Å²) in [5.74, 6) is 0.823. The van der Waals surface area contributed by atoms with Crippen LogP contribution in [-0.4, -0.2) is 60.4 Å². The van der Waals surface area contributed by atoms with E-state index in [1.807, 2.05) is 18.4 Å². The number of fused-ring (bicyclic) bond motifs is 1. The number of likely N-dealkylation sites (N-methyl/N-ethyl adjacent to an activating group) is 1. The number of guanidine groups is 1. The molecular formula is C17H28IN5OS. The number of hydrogen-bond donors (Lipinski definition) is 1. The Hall–Kier alpha value is -0.900. The number of nitrogens with one attached hydrogen (secondary N) is 1. The van der Waals surface area contributed by atoms with Crippen LogP contribution in [0.25, 0.3) is 0 Å². The lowest BCUT2D eigenvalue weighted by Gasteiger charge is -2.21. The maximum absolute atomic E-state index is 11.8. The lowest BCUT2D eigenvalue weighted by Crippen LogP contribution is -2.40. The van der Waals surface area contributed by atoms with Crippen molar-refractivity contribution in [2.75, 3.05) is 27.7 Å². The Morgan fingerprint density at radius 1 is 1.28 bits per heavy atom. The third-order valence-corrected chi connectivity index (χ3v) is 5.54. The van der Waals surface area contributed by atoms with Crippen molar-refractivity contribution in [3.63, 3.8) is 0 Å². The molecule has 1 aromatic heterocycles. The molecule has 1 amide bonds. The van der Waals surface area contributed by atoms with E-state index in [-0.39, 0.29) is 36.4 Å². The van der Waals surface area contributed by atoms with Gasteiger partial charge in [0.2, 0.25) is 5.91 Å². The fourth-order valence-electron chi connectivity index (χ4n) is 2.72. The van der Waals surface area contributed by atoms with Crippen LogP contribution in [0.3, 0.4) is 0 Å². The molecule has 1 fully saturated rings. The Balaban J connectivity index is 0.00000225. The van der Waals surface area contributed by atoms with Crippen molar-refractivity contribution in [3.05, 3.63) is 15.6 Å². The smallest absolute Gasteiger partial charge is 0.243 e. The zero-order chi connectivity index (χ0) is 17.1. The maximum Gasteiger partial charge on any atom is 0.243 e. The van der Waals surface area contributed by atoms with Gasteiger partial charge in [0.25, 0.3) is 0 Å². The lowest BCUT2D eigenvalue weighted by atomic mass is 10.0. The summed E-state index contributed by atoms with van der Waals surface area (Å²) in [5.41, 5.74) is 1.30. The monoisotopic (exact) mass is 477 g/mol. The molecule has 0 unspecified atom stereocenters. The summed E-state index contributed by atoms with van der Waals surface area (Å²) in [5, 5.41) is 4.60. The first kappa shape index (κ1) is 20.4. The standard InChI is InChI=1S/C17H27N5OS.HI/c1-21(2)16(23)10-18-17(19-12-8-9-12)22(3)11-15-20-13-6-4-5-7-14(13)24-15;/h12H,4-11H2,1-3H3,(H,18,19);1H. The van der Waals surface area contributed by atoms with E-state index in [9.17, 15) is 4.79 Å². The summed E-state index contributed by atoms with van der Waals surface area (Å²) >= 11 is 1.83. The van der Waals surface area contributed by atoms with Crippen LogP contribution in [0.1, 0.15) is 41.3 Å². The first-order valence-corrected chi connectivity index (χ1v) is 9.54. The molecular weight excluding hydrogens is 449 g/mol. The molecule has 1 heterocycles. The predicted octanol–water partition coefficient (Wildman–Crippen LogP) is 2.27. The number of aliphatic imine (C=N–C) groups is 1. The van der Waals surface area contributed by atoms with Gasteiger partial charge < -0.3 is 15.1 Å². The molecule has 1 saturated carbocycles. The highest BCUT2D eigenvalue weighted by atomic mass is 127. The largest absolute Gasteiger partial charge is 0.353 e. The normalized spacial score (nSPS) is 16.7. The number of amides is 1. The highest BCUT2D eigenvalue weighted by molar-refractivity contribution is 14.0. The molecule has 0 bridgehead atoms. The van der Waals surface area contributed by atoms with E-state index in [1.165, 1.54) is 42.7 Å². The molecule has 8 heteroatoms. The Bertz CT molecular complexity index is 603. The van der Waals surface area contributed by atoms with Crippen LogP contribution >= 0.6 is 35.3 Å². The van der Waals surface area contributed by atoms with Gasteiger partial charge in [-0.2, -0.15) is 0 Å². The third kappa shape index (κ3) is 5.80. The molecule has 0 aliphatic heterocycles. The number of thiazole rings is 1. The number of rotatable bonds is 5. The van der Waals surface area contributed by atoms with Crippen molar-refractivity contribution < 1.29 is 4.79 Å². The number of aromatic nitrogens is 1. The van der Waals surface area contributed by atoms with E-state index >= 15 is 0 Å². The molecule has 0 saturated heterocycles. The summed E-state index contributed by atoms with van der Waals surface area (Å²) in [7, 11) is 5.54. The minimum absolute atomic E-state index is 0. The molecule has 140 valence electrons. The molecule has 1 N–H and O–H groups in total. The van der Waals surface area contributed by atoms with Crippen molar-refractivity contribution in [1.82, 2.24) is 20.1 Å². The number of aryl methyl sites for hydroxylation is 2. The molecule has 2 aliphatic rings. The number of carbonyl (C=O) groups is 1. The Kier molecular flexibility index (Phi) is 7.48. The van der Waals surface area contributed by atoms with Gasteiger partial charge in [-0.05, 0) is 38.5 Å². The summed E-state index contributed by atoms with van der Waals surface area (Å²) < 4.78 is 0. The molecule has 0 radical (unpaired) electrons. The second kappa shape index (κ2) is 9.16. The number of nitrogens with zero attached hydrogens (tertiary/aromatic N) is 4. The zero-order valence-electron chi connectivity index (χ0n) is 15.2. The topological polar surface area (TPSA) is 60.8 Å². The Morgan fingerprint density at radius 3 is 2.64 bits per heavy atom. The predicted molar refractivity (Wildman–Crippen MR) is 113 cm³/mol. The van der Waals surface area contributed by atoms with Gasteiger partial charge in [-0.3, -0.25) is 4.79 Å². The first-order chi connectivity index (χ1) is 11.5. The van der Waals surface area contributed by atoms with Crippen molar-refractivity contribution in [2.24, 2.45) is 4.99 Å². The molecule has 0 aromatic carbocycles. The van der Waals surface area contributed by atoms with Crippen molar-refractivity contribution in [2.45, 2.75) is 51.1 Å². The zero-order valence-corrected chi connectivity index (χ0v) is 18.4. The fourth-order valence-corrected chi connectivity index (χ4v) is 3.93. The molecule has 25 heavy (non-hydrogen) atoms. The number of hydrogen-bond acceptors (Lipinski definition) is 4. The van der Waals surface area contributed by atoms with E-state index in [1.54, 1.807) is 19.0 Å². The molecule has 2 aliphatic carbocycles. The van der Waals surface area contributed by atoms with E-state index in [4.69, 9.17) is 4.98 Å². The van der Waals surface area contributed by atoms with E-state index < -0.39 is 0 Å². The molecule has 0 atom stereocenters. The summed E-state index contributed by atoms with van der Waals surface area (Å²) in [6.45, 7) is 0.924. The SMILES string of the molecule is CN(C)C(=O)CN=C(NC1CC1)N(C)Cc1nc2c(s1)CCCC2.I. The summed E-state index contributed by atoms with van der Waals surface area (Å²) in [4.78, 5) is 26.3. The Morgan fingerprint density at radius 2 is 2.00 bits per heavy atom. The first-order valence-electron chi connectivity index (χ1n) is 8.72.